The van der Waals surface area contributed by atoms with Gasteiger partial charge in [0.25, 0.3) is 0 Å². The van der Waals surface area contributed by atoms with Crippen LogP contribution in [0.4, 0.5) is 5.82 Å². The summed E-state index contributed by atoms with van der Waals surface area (Å²) in [5.74, 6) is 2.12. The number of piperidine rings is 1. The summed E-state index contributed by atoms with van der Waals surface area (Å²) in [7, 11) is 3.56. The highest BCUT2D eigenvalue weighted by atomic mass is 16.5. The number of methoxy groups -OCH3 is 1. The van der Waals surface area contributed by atoms with Crippen LogP contribution in [0.1, 0.15) is 25.7 Å². The van der Waals surface area contributed by atoms with E-state index >= 15 is 0 Å². The molecule has 1 aliphatic carbocycles. The van der Waals surface area contributed by atoms with Gasteiger partial charge in [-0.2, -0.15) is 0 Å². The molecule has 6 nitrogen and oxygen atoms in total. The zero-order chi connectivity index (χ0) is 14.8. The normalized spacial score (nSPS) is 19.4. The molecule has 0 aromatic carbocycles. The maximum Gasteiger partial charge on any atom is 0.225 e. The van der Waals surface area contributed by atoms with Gasteiger partial charge in [0.05, 0.1) is 7.11 Å². The molecule has 0 atom stereocenters. The van der Waals surface area contributed by atoms with Crippen molar-refractivity contribution in [1.82, 2.24) is 14.9 Å². The van der Waals surface area contributed by atoms with Crippen molar-refractivity contribution < 1.29 is 9.53 Å². The molecule has 1 aromatic rings. The second-order valence-electron chi connectivity index (χ2n) is 5.86. The van der Waals surface area contributed by atoms with E-state index in [1.165, 1.54) is 6.33 Å². The Morgan fingerprint density at radius 3 is 2.62 bits per heavy atom. The van der Waals surface area contributed by atoms with E-state index in [1.54, 1.807) is 7.11 Å². The van der Waals surface area contributed by atoms with Crippen LogP contribution in [0.2, 0.25) is 0 Å². The Labute approximate surface area is 125 Å². The predicted molar refractivity (Wildman–Crippen MR) is 79.3 cm³/mol. The molecule has 2 aliphatic rings. The number of carbonyl (C=O) groups excluding carboxylic acids is 1. The first-order valence-corrected chi connectivity index (χ1v) is 7.56. The summed E-state index contributed by atoms with van der Waals surface area (Å²) in [6, 6.07) is 2.22. The number of carbonyl (C=O) groups is 1. The number of amides is 1. The fourth-order valence-corrected chi connectivity index (χ4v) is 2.89. The minimum Gasteiger partial charge on any atom is -0.481 e. The lowest BCUT2D eigenvalue weighted by Crippen LogP contribution is -2.46. The summed E-state index contributed by atoms with van der Waals surface area (Å²) in [6.45, 7) is 1.82. The molecule has 21 heavy (non-hydrogen) atoms. The van der Waals surface area contributed by atoms with Crippen molar-refractivity contribution in [2.75, 3.05) is 32.1 Å². The van der Waals surface area contributed by atoms with E-state index in [9.17, 15) is 4.79 Å². The number of aromatic nitrogens is 2. The van der Waals surface area contributed by atoms with E-state index in [0.29, 0.717) is 23.7 Å². The molecular weight excluding hydrogens is 268 g/mol. The van der Waals surface area contributed by atoms with Gasteiger partial charge in [-0.25, -0.2) is 9.97 Å². The average Bonchev–Trinajstić information content (AvgIpc) is 3.38. The molecule has 0 radical (unpaired) electrons. The maximum atomic E-state index is 12.1. The van der Waals surface area contributed by atoms with Crippen LogP contribution in [0, 0.1) is 5.92 Å². The van der Waals surface area contributed by atoms with Gasteiger partial charge in [-0.15, -0.1) is 0 Å². The van der Waals surface area contributed by atoms with Gasteiger partial charge < -0.3 is 14.5 Å². The van der Waals surface area contributed by atoms with Gasteiger partial charge >= 0.3 is 0 Å². The molecule has 2 fully saturated rings. The predicted octanol–water partition coefficient (Wildman–Crippen LogP) is 1.32. The zero-order valence-electron chi connectivity index (χ0n) is 12.7. The van der Waals surface area contributed by atoms with Crippen molar-refractivity contribution in [3.05, 3.63) is 12.4 Å². The molecular formula is C15H22N4O2. The highest BCUT2D eigenvalue weighted by molar-refractivity contribution is 5.81. The molecule has 6 heteroatoms. The van der Waals surface area contributed by atoms with E-state index in [-0.39, 0.29) is 0 Å². The van der Waals surface area contributed by atoms with Gasteiger partial charge in [0, 0.05) is 38.2 Å². The smallest absolute Gasteiger partial charge is 0.225 e. The topological polar surface area (TPSA) is 58.6 Å². The van der Waals surface area contributed by atoms with Crippen LogP contribution in [-0.4, -0.2) is 54.1 Å². The van der Waals surface area contributed by atoms with Crippen molar-refractivity contribution in [3.63, 3.8) is 0 Å². The molecule has 0 N–H and O–H groups in total. The summed E-state index contributed by atoms with van der Waals surface area (Å²) in [5, 5.41) is 0. The minimum atomic E-state index is 0.305. The second kappa shape index (κ2) is 5.87. The van der Waals surface area contributed by atoms with E-state index in [0.717, 1.165) is 44.6 Å². The molecule has 3 rings (SSSR count). The van der Waals surface area contributed by atoms with Gasteiger partial charge in [-0.1, -0.05) is 0 Å². The number of rotatable bonds is 4. The standard InChI is InChI=1S/C15H22N4O2/c1-18(15(20)11-3-4-11)12-5-7-19(8-6-12)13-9-14(21-2)17-10-16-13/h9-12H,3-8H2,1-2H3. The highest BCUT2D eigenvalue weighted by Gasteiger charge is 2.35. The maximum absolute atomic E-state index is 12.1. The molecule has 1 aliphatic heterocycles. The molecule has 0 bridgehead atoms. The molecule has 2 heterocycles. The molecule has 114 valence electrons. The van der Waals surface area contributed by atoms with Crippen molar-refractivity contribution in [1.29, 1.82) is 0 Å². The van der Waals surface area contributed by atoms with Crippen LogP contribution >= 0.6 is 0 Å². The molecule has 1 saturated carbocycles. The first-order chi connectivity index (χ1) is 10.2. The van der Waals surface area contributed by atoms with E-state index in [1.807, 2.05) is 18.0 Å². The van der Waals surface area contributed by atoms with Crippen LogP contribution < -0.4 is 9.64 Å². The third kappa shape index (κ3) is 3.09. The Kier molecular flexibility index (Phi) is 3.94. The van der Waals surface area contributed by atoms with Gasteiger partial charge in [0.2, 0.25) is 11.8 Å². The Morgan fingerprint density at radius 2 is 2.00 bits per heavy atom. The number of anilines is 1. The van der Waals surface area contributed by atoms with E-state index in [2.05, 4.69) is 14.9 Å². The van der Waals surface area contributed by atoms with Gasteiger partial charge in [-0.05, 0) is 25.7 Å². The van der Waals surface area contributed by atoms with Gasteiger partial charge in [0.1, 0.15) is 12.1 Å². The first kappa shape index (κ1) is 14.1. The average molecular weight is 290 g/mol. The minimum absolute atomic E-state index is 0.305. The fourth-order valence-electron chi connectivity index (χ4n) is 2.89. The second-order valence-corrected chi connectivity index (χ2v) is 5.86. The van der Waals surface area contributed by atoms with Crippen molar-refractivity contribution in [2.24, 2.45) is 5.92 Å². The SMILES string of the molecule is COc1cc(N2CCC(N(C)C(=O)C3CC3)CC2)ncn1. The van der Waals surface area contributed by atoms with Crippen molar-refractivity contribution in [2.45, 2.75) is 31.7 Å². The third-order valence-electron chi connectivity index (χ3n) is 4.45. The van der Waals surface area contributed by atoms with Crippen LogP contribution in [0.5, 0.6) is 5.88 Å². The molecule has 1 aromatic heterocycles. The van der Waals surface area contributed by atoms with Crippen LogP contribution in [0.25, 0.3) is 0 Å². The molecule has 1 amide bonds. The number of hydrogen-bond acceptors (Lipinski definition) is 5. The number of ether oxygens (including phenoxy) is 1. The molecule has 0 spiro atoms. The number of nitrogens with zero attached hydrogens (tertiary/aromatic N) is 4. The lowest BCUT2D eigenvalue weighted by molar-refractivity contribution is -0.133. The quantitative estimate of drug-likeness (QED) is 0.837. The molecule has 1 saturated heterocycles. The fraction of sp³-hybridized carbons (Fsp3) is 0.667. The summed E-state index contributed by atoms with van der Waals surface area (Å²) < 4.78 is 5.14. The van der Waals surface area contributed by atoms with Gasteiger partial charge in [0.15, 0.2) is 0 Å². The monoisotopic (exact) mass is 290 g/mol. The van der Waals surface area contributed by atoms with Crippen LogP contribution in [-0.2, 0) is 4.79 Å². The summed E-state index contributed by atoms with van der Waals surface area (Å²) >= 11 is 0. The van der Waals surface area contributed by atoms with Crippen molar-refractivity contribution >= 4 is 11.7 Å². The lowest BCUT2D eigenvalue weighted by atomic mass is 10.0. The van der Waals surface area contributed by atoms with Crippen molar-refractivity contribution in [3.8, 4) is 5.88 Å². The Morgan fingerprint density at radius 1 is 1.29 bits per heavy atom. The number of hydrogen-bond donors (Lipinski definition) is 0. The zero-order valence-corrected chi connectivity index (χ0v) is 12.7. The first-order valence-electron chi connectivity index (χ1n) is 7.56. The van der Waals surface area contributed by atoms with Crippen LogP contribution in [0.3, 0.4) is 0 Å². The Bertz CT molecular complexity index is 510. The summed E-state index contributed by atoms with van der Waals surface area (Å²) in [6.07, 6.45) is 5.65. The van der Waals surface area contributed by atoms with Crippen LogP contribution in [0.15, 0.2) is 12.4 Å². The van der Waals surface area contributed by atoms with E-state index < -0.39 is 0 Å². The lowest BCUT2D eigenvalue weighted by Gasteiger charge is -2.37. The van der Waals surface area contributed by atoms with E-state index in [4.69, 9.17) is 4.74 Å². The third-order valence-corrected chi connectivity index (χ3v) is 4.45. The van der Waals surface area contributed by atoms with Gasteiger partial charge in [-0.3, -0.25) is 4.79 Å². The molecule has 0 unspecified atom stereocenters. The Balaban J connectivity index is 1.58. The summed E-state index contributed by atoms with van der Waals surface area (Å²) in [4.78, 5) is 24.7. The highest BCUT2D eigenvalue weighted by Crippen LogP contribution is 2.32. The largest absolute Gasteiger partial charge is 0.481 e. The summed E-state index contributed by atoms with van der Waals surface area (Å²) in [5.41, 5.74) is 0. The Hall–Kier alpha value is -1.85.